The fraction of sp³-hybridized carbons (Fsp3) is 0.0476. The SMILES string of the molecule is C1=CC(n2c3ccccc3c3ccccc32)=CC(CI2=NC(c3cc(-c4ccccc4)cc(-c4cccc(-n5c6ccccc6c6ccccc65)c4)n3)=CC=2c2ccc(-c3ccccc3)cc2)C1. The quantitative estimate of drug-likeness (QED) is 0.105. The van der Waals surface area contributed by atoms with Crippen molar-refractivity contribution in [3.05, 3.63) is 254 Å². The number of hydrogen-bond donors (Lipinski definition) is 0. The van der Waals surface area contributed by atoms with Gasteiger partial charge >= 0.3 is 0 Å². The molecule has 11 aromatic rings. The van der Waals surface area contributed by atoms with E-state index in [1.807, 2.05) is 0 Å². The molecule has 3 aromatic heterocycles. The molecule has 0 spiro atoms. The highest BCUT2D eigenvalue weighted by atomic mass is 127. The molecule has 0 bridgehead atoms. The molecule has 13 rings (SSSR count). The van der Waals surface area contributed by atoms with Gasteiger partial charge in [-0.15, -0.1) is 0 Å². The number of nitrogens with zero attached hydrogens (tertiary/aromatic N) is 4. The van der Waals surface area contributed by atoms with E-state index in [9.17, 15) is 0 Å². The highest BCUT2D eigenvalue weighted by molar-refractivity contribution is 14.2. The van der Waals surface area contributed by atoms with Gasteiger partial charge in [0.1, 0.15) is 0 Å². The van der Waals surface area contributed by atoms with E-state index in [-0.39, 0.29) is 0 Å². The van der Waals surface area contributed by atoms with Crippen molar-refractivity contribution in [2.24, 2.45) is 9.06 Å². The number of alkyl halides is 1. The minimum absolute atomic E-state index is 0.345. The molecule has 1 aliphatic carbocycles. The molecule has 8 aromatic carbocycles. The molecule has 0 amide bonds. The van der Waals surface area contributed by atoms with Gasteiger partial charge in [-0.1, -0.05) is 182 Å². The summed E-state index contributed by atoms with van der Waals surface area (Å²) in [5.74, 6) is 0.345. The van der Waals surface area contributed by atoms with Gasteiger partial charge < -0.3 is 9.13 Å². The van der Waals surface area contributed by atoms with E-state index in [2.05, 4.69) is 252 Å². The lowest BCUT2D eigenvalue weighted by Crippen LogP contribution is -2.07. The first-order chi connectivity index (χ1) is 33.7. The number of allylic oxidation sites excluding steroid dienone is 5. The van der Waals surface area contributed by atoms with Gasteiger partial charge in [0.2, 0.25) is 0 Å². The summed E-state index contributed by atoms with van der Waals surface area (Å²) in [5.41, 5.74) is 17.1. The normalized spacial score (nSPS) is 15.1. The molecule has 0 saturated carbocycles. The first kappa shape index (κ1) is 40.4. The second-order valence-corrected chi connectivity index (χ2v) is 22.1. The summed E-state index contributed by atoms with van der Waals surface area (Å²) < 4.78 is 13.1. The van der Waals surface area contributed by atoms with Gasteiger partial charge in [0.15, 0.2) is 0 Å². The molecular weight excluding hydrogens is 940 g/mol. The summed E-state index contributed by atoms with van der Waals surface area (Å²) in [7, 11) is 0. The zero-order chi connectivity index (χ0) is 45.0. The maximum atomic E-state index is 5.83. The van der Waals surface area contributed by atoms with Crippen molar-refractivity contribution in [3.63, 3.8) is 0 Å². The number of pyridine rings is 1. The number of aromatic nitrogens is 3. The van der Waals surface area contributed by atoms with Crippen LogP contribution < -0.4 is 0 Å². The molecule has 68 heavy (non-hydrogen) atoms. The van der Waals surface area contributed by atoms with E-state index in [1.54, 1.807) is 0 Å². The average molecular weight is 985 g/mol. The molecule has 0 fully saturated rings. The molecule has 4 nitrogen and oxygen atoms in total. The first-order valence-corrected chi connectivity index (χ1v) is 26.9. The van der Waals surface area contributed by atoms with Crippen molar-refractivity contribution >= 4 is 77.7 Å². The molecule has 324 valence electrons. The predicted octanol–water partition coefficient (Wildman–Crippen LogP) is 16.7. The zero-order valence-electron chi connectivity index (χ0n) is 37.3. The maximum absolute atomic E-state index is 5.83. The molecule has 5 heteroatoms. The van der Waals surface area contributed by atoms with Gasteiger partial charge in [-0.3, -0.25) is 0 Å². The molecule has 0 saturated heterocycles. The van der Waals surface area contributed by atoms with Crippen molar-refractivity contribution in [2.75, 3.05) is 4.43 Å². The molecule has 2 aliphatic rings. The zero-order valence-corrected chi connectivity index (χ0v) is 39.4. The molecule has 0 N–H and O–H groups in total. The van der Waals surface area contributed by atoms with E-state index >= 15 is 0 Å². The fourth-order valence-corrected chi connectivity index (χ4v) is 15.6. The van der Waals surface area contributed by atoms with Gasteiger partial charge in [-0.25, -0.2) is 8.13 Å². The molecule has 1 atom stereocenters. The van der Waals surface area contributed by atoms with Crippen LogP contribution in [-0.4, -0.2) is 22.1 Å². The predicted molar refractivity (Wildman–Crippen MR) is 296 cm³/mol. The largest absolute Gasteiger partial charge is 0.310 e. The maximum Gasteiger partial charge on any atom is 0.0950 e. The summed E-state index contributed by atoms with van der Waals surface area (Å²) in [6.45, 7) is 0. The van der Waals surface area contributed by atoms with Gasteiger partial charge in [0.25, 0.3) is 0 Å². The fourth-order valence-electron chi connectivity index (χ4n) is 10.2. The Balaban J connectivity index is 0.931. The van der Waals surface area contributed by atoms with Crippen LogP contribution in [0.3, 0.4) is 0 Å². The smallest absolute Gasteiger partial charge is 0.0950 e. The van der Waals surface area contributed by atoms with E-state index in [4.69, 9.17) is 8.13 Å². The van der Waals surface area contributed by atoms with Crippen molar-refractivity contribution in [1.29, 1.82) is 0 Å². The Labute approximate surface area is 402 Å². The average Bonchev–Trinajstić information content (AvgIpc) is 4.10. The number of fused-ring (bicyclic) bond motifs is 6. The van der Waals surface area contributed by atoms with Crippen LogP contribution in [0.15, 0.2) is 246 Å². The lowest BCUT2D eigenvalue weighted by atomic mass is 10.0. The molecule has 4 heterocycles. The lowest BCUT2D eigenvalue weighted by Gasteiger charge is -2.18. The van der Waals surface area contributed by atoms with Gasteiger partial charge in [-0.05, 0) is 120 Å². The van der Waals surface area contributed by atoms with Crippen LogP contribution in [0.1, 0.15) is 17.7 Å². The third kappa shape index (κ3) is 7.22. The first-order valence-electron chi connectivity index (χ1n) is 23.4. The number of benzene rings is 8. The Kier molecular flexibility index (Phi) is 10.2. The Morgan fingerprint density at radius 2 is 0.941 bits per heavy atom. The number of halogens is 1. The summed E-state index contributed by atoms with van der Waals surface area (Å²) in [6, 6.07) is 78.9. The van der Waals surface area contributed by atoms with E-state index in [0.717, 1.165) is 50.3 Å². The van der Waals surface area contributed by atoms with Gasteiger partial charge in [-0.2, -0.15) is 0 Å². The van der Waals surface area contributed by atoms with Gasteiger partial charge in [0, 0.05) is 46.4 Å². The Bertz CT molecular complexity index is 3850. The molecule has 1 aliphatic heterocycles. The van der Waals surface area contributed by atoms with Crippen LogP contribution in [0.2, 0.25) is 0 Å². The highest BCUT2D eigenvalue weighted by Crippen LogP contribution is 2.42. The van der Waals surface area contributed by atoms with Gasteiger partial charge in [0.05, 0.1) is 39.2 Å². The van der Waals surface area contributed by atoms with Crippen molar-refractivity contribution in [3.8, 4) is 39.2 Å². The number of para-hydroxylation sites is 4. The number of hydrogen-bond acceptors (Lipinski definition) is 2. The van der Waals surface area contributed by atoms with Crippen LogP contribution in [0.25, 0.3) is 94.2 Å². The Hall–Kier alpha value is -7.87. The molecule has 1 unspecified atom stereocenters. The van der Waals surface area contributed by atoms with E-state index < -0.39 is 19.2 Å². The Morgan fingerprint density at radius 1 is 0.441 bits per heavy atom. The van der Waals surface area contributed by atoms with Crippen LogP contribution in [0, 0.1) is 5.92 Å². The van der Waals surface area contributed by atoms with Crippen molar-refractivity contribution < 1.29 is 0 Å². The summed E-state index contributed by atoms with van der Waals surface area (Å²) in [6.07, 6.45) is 10.6. The minimum Gasteiger partial charge on any atom is -0.310 e. The van der Waals surface area contributed by atoms with Crippen LogP contribution in [0.5, 0.6) is 0 Å². The molecular formula is C63H45IN4. The Morgan fingerprint density at radius 3 is 1.56 bits per heavy atom. The minimum atomic E-state index is -2.21. The third-order valence-corrected chi connectivity index (χ3v) is 18.8. The van der Waals surface area contributed by atoms with Crippen LogP contribution in [0.4, 0.5) is 0 Å². The van der Waals surface area contributed by atoms with Crippen molar-refractivity contribution in [2.45, 2.75) is 6.42 Å². The second kappa shape index (κ2) is 17.1. The third-order valence-electron chi connectivity index (χ3n) is 13.5. The highest BCUT2D eigenvalue weighted by Gasteiger charge is 2.22. The standard InChI is InChI=1S/C63H45IN4/c1-3-18-44(19-4-1)46-33-35-47(36-34-46)56-41-59(66-64(56)42-43-17-15-23-50(37-43)67-60-29-11-7-25-52(60)53-26-8-12-30-61(53)67)58-40-49(45-20-5-2-6-21-45)39-57(65-58)48-22-16-24-51(38-48)68-62-31-13-9-27-54(62)55-28-10-14-32-63(55)68/h1-16,18-41,43H,17,42H2. The second-order valence-electron chi connectivity index (χ2n) is 17.7. The van der Waals surface area contributed by atoms with E-state index in [0.29, 0.717) is 5.92 Å². The van der Waals surface area contributed by atoms with Crippen LogP contribution >= 0.6 is 19.2 Å². The van der Waals surface area contributed by atoms with E-state index in [1.165, 1.54) is 69.5 Å². The lowest BCUT2D eigenvalue weighted by molar-refractivity contribution is 0.758. The topological polar surface area (TPSA) is 35.1 Å². The van der Waals surface area contributed by atoms with Crippen LogP contribution in [-0.2, 0) is 0 Å². The summed E-state index contributed by atoms with van der Waals surface area (Å²) in [5, 5.41) is 5.07. The van der Waals surface area contributed by atoms with Crippen molar-refractivity contribution in [1.82, 2.24) is 14.1 Å². The summed E-state index contributed by atoms with van der Waals surface area (Å²) in [4.78, 5) is 5.54. The monoisotopic (exact) mass is 984 g/mol. The number of rotatable bonds is 9. The summed E-state index contributed by atoms with van der Waals surface area (Å²) >= 11 is -2.21. The molecule has 0 radical (unpaired) electrons.